The molecule has 0 aromatic carbocycles. The quantitative estimate of drug-likeness (QED) is 0.567. The van der Waals surface area contributed by atoms with Gasteiger partial charge in [0.2, 0.25) is 0 Å². The van der Waals surface area contributed by atoms with Crippen LogP contribution in [-0.2, 0) is 4.79 Å². The van der Waals surface area contributed by atoms with Crippen LogP contribution in [0.1, 0.15) is 45.4 Å². The lowest BCUT2D eigenvalue weighted by molar-refractivity contribution is -0.113. The molecule has 0 aromatic heterocycles. The normalized spacial score (nSPS) is 45.3. The number of aldehydes is 1. The second kappa shape index (κ2) is 3.81. The van der Waals surface area contributed by atoms with Crippen LogP contribution in [0.15, 0.2) is 0 Å². The van der Waals surface area contributed by atoms with E-state index < -0.39 is 0 Å². The summed E-state index contributed by atoms with van der Waals surface area (Å²) in [7, 11) is 0. The molecule has 0 N–H and O–H groups in total. The van der Waals surface area contributed by atoms with Crippen molar-refractivity contribution in [1.29, 1.82) is 0 Å². The van der Waals surface area contributed by atoms with E-state index in [-0.39, 0.29) is 0 Å². The summed E-state index contributed by atoms with van der Waals surface area (Å²) in [6.07, 6.45) is 9.07. The second-order valence-electron chi connectivity index (χ2n) is 5.15. The maximum atomic E-state index is 10.7. The third-order valence-electron chi connectivity index (χ3n) is 4.11. The molecule has 0 radical (unpaired) electrons. The molecule has 0 amide bonds. The molecular weight excluding hydrogens is 160 g/mol. The summed E-state index contributed by atoms with van der Waals surface area (Å²) < 4.78 is 0. The van der Waals surface area contributed by atoms with Crippen LogP contribution >= 0.6 is 0 Å². The Morgan fingerprint density at radius 1 is 1.00 bits per heavy atom. The molecule has 74 valence electrons. The monoisotopic (exact) mass is 180 g/mol. The molecule has 13 heavy (non-hydrogen) atoms. The van der Waals surface area contributed by atoms with Crippen molar-refractivity contribution in [2.24, 2.45) is 23.7 Å². The zero-order valence-electron chi connectivity index (χ0n) is 8.54. The van der Waals surface area contributed by atoms with E-state index >= 15 is 0 Å². The van der Waals surface area contributed by atoms with Gasteiger partial charge >= 0.3 is 0 Å². The van der Waals surface area contributed by atoms with E-state index in [9.17, 15) is 4.79 Å². The van der Waals surface area contributed by atoms with E-state index in [2.05, 4.69) is 6.92 Å². The van der Waals surface area contributed by atoms with Crippen molar-refractivity contribution in [3.05, 3.63) is 0 Å². The molecule has 4 unspecified atom stereocenters. The van der Waals surface area contributed by atoms with Crippen molar-refractivity contribution in [2.45, 2.75) is 45.4 Å². The van der Waals surface area contributed by atoms with Gasteiger partial charge in [-0.2, -0.15) is 0 Å². The molecule has 1 heteroatoms. The number of rotatable bonds is 1. The Hall–Kier alpha value is -0.330. The first-order valence-electron chi connectivity index (χ1n) is 5.75. The highest BCUT2D eigenvalue weighted by Gasteiger charge is 2.33. The van der Waals surface area contributed by atoms with E-state index in [4.69, 9.17) is 0 Å². The fraction of sp³-hybridized carbons (Fsp3) is 0.917. The molecule has 0 bridgehead atoms. The van der Waals surface area contributed by atoms with Crippen molar-refractivity contribution in [2.75, 3.05) is 0 Å². The zero-order chi connectivity index (χ0) is 9.26. The minimum atomic E-state index is 0.398. The zero-order valence-corrected chi connectivity index (χ0v) is 8.54. The van der Waals surface area contributed by atoms with Crippen molar-refractivity contribution < 1.29 is 4.79 Å². The Balaban J connectivity index is 1.94. The van der Waals surface area contributed by atoms with E-state index in [0.717, 1.165) is 24.2 Å². The molecule has 2 saturated carbocycles. The third kappa shape index (κ3) is 1.95. The first-order chi connectivity index (χ1) is 6.29. The van der Waals surface area contributed by atoms with Crippen molar-refractivity contribution in [3.8, 4) is 0 Å². The van der Waals surface area contributed by atoms with Gasteiger partial charge in [0, 0.05) is 5.92 Å². The van der Waals surface area contributed by atoms with Crippen LogP contribution in [0.4, 0.5) is 0 Å². The molecule has 0 aromatic rings. The molecule has 2 rings (SSSR count). The summed E-state index contributed by atoms with van der Waals surface area (Å²) in [6, 6.07) is 0. The van der Waals surface area contributed by atoms with E-state index in [1.54, 1.807) is 0 Å². The molecular formula is C12H20O. The van der Waals surface area contributed by atoms with Gasteiger partial charge < -0.3 is 4.79 Å². The maximum absolute atomic E-state index is 10.7. The topological polar surface area (TPSA) is 17.1 Å². The summed E-state index contributed by atoms with van der Waals surface area (Å²) in [5.41, 5.74) is 0. The average molecular weight is 180 g/mol. The summed E-state index contributed by atoms with van der Waals surface area (Å²) >= 11 is 0. The minimum absolute atomic E-state index is 0.398. The number of carbonyl (C=O) groups is 1. The van der Waals surface area contributed by atoms with Gasteiger partial charge in [0.05, 0.1) is 0 Å². The minimum Gasteiger partial charge on any atom is -0.303 e. The first kappa shape index (κ1) is 9.23. The molecule has 4 atom stereocenters. The smallest absolute Gasteiger partial charge is 0.123 e. The van der Waals surface area contributed by atoms with Crippen molar-refractivity contribution in [3.63, 3.8) is 0 Å². The number of carbonyl (C=O) groups excluding carboxylic acids is 1. The van der Waals surface area contributed by atoms with E-state index in [1.165, 1.54) is 38.4 Å². The molecule has 0 saturated heterocycles. The Morgan fingerprint density at radius 3 is 2.46 bits per heavy atom. The molecule has 0 heterocycles. The van der Waals surface area contributed by atoms with Crippen LogP contribution < -0.4 is 0 Å². The first-order valence-corrected chi connectivity index (χ1v) is 5.75. The molecule has 0 spiro atoms. The summed E-state index contributed by atoms with van der Waals surface area (Å²) in [5, 5.41) is 0. The number of hydrogen-bond acceptors (Lipinski definition) is 1. The van der Waals surface area contributed by atoms with Crippen LogP contribution in [0, 0.1) is 23.7 Å². The van der Waals surface area contributed by atoms with Gasteiger partial charge in [-0.05, 0) is 49.9 Å². The lowest BCUT2D eigenvalue weighted by Gasteiger charge is -2.40. The van der Waals surface area contributed by atoms with Crippen LogP contribution in [0.25, 0.3) is 0 Å². The summed E-state index contributed by atoms with van der Waals surface area (Å²) in [4.78, 5) is 10.7. The maximum Gasteiger partial charge on any atom is 0.123 e. The third-order valence-corrected chi connectivity index (χ3v) is 4.11. The van der Waals surface area contributed by atoms with E-state index in [0.29, 0.717) is 5.92 Å². The highest BCUT2D eigenvalue weighted by molar-refractivity contribution is 5.53. The average Bonchev–Trinajstić information content (AvgIpc) is 2.17. The van der Waals surface area contributed by atoms with Gasteiger partial charge in [-0.25, -0.2) is 0 Å². The van der Waals surface area contributed by atoms with Gasteiger partial charge in [-0.3, -0.25) is 0 Å². The van der Waals surface area contributed by atoms with Gasteiger partial charge in [0.15, 0.2) is 0 Å². The fourth-order valence-corrected chi connectivity index (χ4v) is 3.28. The predicted octanol–water partition coefficient (Wildman–Crippen LogP) is 3.04. The van der Waals surface area contributed by atoms with Crippen LogP contribution in [0.3, 0.4) is 0 Å². The Labute approximate surface area is 80.9 Å². The SMILES string of the molecule is CC1CCC2CC(C=O)CCC2C1. The summed E-state index contributed by atoms with van der Waals surface area (Å²) in [6.45, 7) is 2.38. The Kier molecular flexibility index (Phi) is 2.71. The highest BCUT2D eigenvalue weighted by Crippen LogP contribution is 2.43. The lowest BCUT2D eigenvalue weighted by atomic mass is 9.65. The van der Waals surface area contributed by atoms with Crippen molar-refractivity contribution in [1.82, 2.24) is 0 Å². The molecule has 2 aliphatic rings. The largest absolute Gasteiger partial charge is 0.303 e. The van der Waals surface area contributed by atoms with Gasteiger partial charge in [0.1, 0.15) is 6.29 Å². The van der Waals surface area contributed by atoms with Crippen LogP contribution in [0.5, 0.6) is 0 Å². The Morgan fingerprint density at radius 2 is 1.69 bits per heavy atom. The van der Waals surface area contributed by atoms with E-state index in [1.807, 2.05) is 0 Å². The van der Waals surface area contributed by atoms with Crippen LogP contribution in [-0.4, -0.2) is 6.29 Å². The van der Waals surface area contributed by atoms with Crippen molar-refractivity contribution >= 4 is 6.29 Å². The summed E-state index contributed by atoms with van der Waals surface area (Å²) in [5.74, 6) is 3.18. The predicted molar refractivity (Wildman–Crippen MR) is 53.4 cm³/mol. The second-order valence-corrected chi connectivity index (χ2v) is 5.15. The van der Waals surface area contributed by atoms with Crippen LogP contribution in [0.2, 0.25) is 0 Å². The highest BCUT2D eigenvalue weighted by atomic mass is 16.1. The van der Waals surface area contributed by atoms with Gasteiger partial charge in [-0.1, -0.05) is 13.3 Å². The fourth-order valence-electron chi connectivity index (χ4n) is 3.28. The Bertz CT molecular complexity index is 188. The number of fused-ring (bicyclic) bond motifs is 1. The molecule has 1 nitrogen and oxygen atoms in total. The molecule has 2 fully saturated rings. The number of hydrogen-bond donors (Lipinski definition) is 0. The standard InChI is InChI=1S/C12H20O/c1-9-2-4-12-7-10(8-13)3-5-11(12)6-9/h8-12H,2-7H2,1H3. The van der Waals surface area contributed by atoms with Gasteiger partial charge in [-0.15, -0.1) is 0 Å². The van der Waals surface area contributed by atoms with Gasteiger partial charge in [0.25, 0.3) is 0 Å². The molecule has 0 aliphatic heterocycles. The lowest BCUT2D eigenvalue weighted by Crippen LogP contribution is -2.30. The molecule has 2 aliphatic carbocycles.